The summed E-state index contributed by atoms with van der Waals surface area (Å²) in [6.45, 7) is 3.17. The van der Waals surface area contributed by atoms with Crippen LogP contribution in [0.5, 0.6) is 11.5 Å². The summed E-state index contributed by atoms with van der Waals surface area (Å²) >= 11 is 3.98. The van der Waals surface area contributed by atoms with Crippen LogP contribution >= 0.6 is 12.6 Å². The van der Waals surface area contributed by atoms with Crippen LogP contribution in [0.2, 0.25) is 0 Å². The SMILES string of the molecule is COc1ccccc1OC(=O)[C@H](C)NC(=O)C(C)S. The first-order chi connectivity index (χ1) is 8.95. The molecule has 0 heterocycles. The van der Waals surface area contributed by atoms with Gasteiger partial charge in [0.25, 0.3) is 0 Å². The summed E-state index contributed by atoms with van der Waals surface area (Å²) in [5.41, 5.74) is 0. The number of ether oxygens (including phenoxy) is 2. The Morgan fingerprint density at radius 3 is 2.32 bits per heavy atom. The van der Waals surface area contributed by atoms with Crippen LogP contribution in [-0.2, 0) is 9.59 Å². The predicted octanol–water partition coefficient (Wildman–Crippen LogP) is 1.42. The van der Waals surface area contributed by atoms with Gasteiger partial charge >= 0.3 is 5.97 Å². The van der Waals surface area contributed by atoms with Crippen LogP contribution in [0.15, 0.2) is 24.3 Å². The summed E-state index contributed by atoms with van der Waals surface area (Å²) in [6.07, 6.45) is 0. The average Bonchev–Trinajstić information content (AvgIpc) is 2.38. The monoisotopic (exact) mass is 283 g/mol. The molecule has 0 radical (unpaired) electrons. The van der Waals surface area contributed by atoms with Crippen molar-refractivity contribution in [2.24, 2.45) is 0 Å². The topological polar surface area (TPSA) is 64.6 Å². The van der Waals surface area contributed by atoms with Gasteiger partial charge in [-0.05, 0) is 26.0 Å². The van der Waals surface area contributed by atoms with Crippen molar-refractivity contribution >= 4 is 24.5 Å². The first-order valence-corrected chi connectivity index (χ1v) is 6.30. The van der Waals surface area contributed by atoms with Gasteiger partial charge in [-0.15, -0.1) is 0 Å². The fourth-order valence-electron chi connectivity index (χ4n) is 1.29. The Labute approximate surface area is 117 Å². The first-order valence-electron chi connectivity index (χ1n) is 5.79. The van der Waals surface area contributed by atoms with E-state index in [2.05, 4.69) is 17.9 Å². The lowest BCUT2D eigenvalue weighted by atomic mass is 10.3. The summed E-state index contributed by atoms with van der Waals surface area (Å²) in [7, 11) is 1.49. The Bertz CT molecular complexity index is 462. The maximum atomic E-state index is 11.8. The van der Waals surface area contributed by atoms with E-state index in [-0.39, 0.29) is 5.91 Å². The van der Waals surface area contributed by atoms with Crippen molar-refractivity contribution in [3.8, 4) is 11.5 Å². The number of benzene rings is 1. The lowest BCUT2D eigenvalue weighted by molar-refractivity contribution is -0.138. The van der Waals surface area contributed by atoms with Gasteiger partial charge in [-0.3, -0.25) is 4.79 Å². The van der Waals surface area contributed by atoms with Gasteiger partial charge in [0.1, 0.15) is 6.04 Å². The van der Waals surface area contributed by atoms with Crippen molar-refractivity contribution < 1.29 is 19.1 Å². The summed E-state index contributed by atoms with van der Waals surface area (Å²) < 4.78 is 10.2. The highest BCUT2D eigenvalue weighted by atomic mass is 32.1. The number of nitrogens with one attached hydrogen (secondary N) is 1. The van der Waals surface area contributed by atoms with Crippen LogP contribution in [-0.4, -0.2) is 30.3 Å². The van der Waals surface area contributed by atoms with E-state index >= 15 is 0 Å². The van der Waals surface area contributed by atoms with E-state index in [1.165, 1.54) is 7.11 Å². The molecule has 0 saturated heterocycles. The molecule has 0 bridgehead atoms. The standard InChI is InChI=1S/C13H17NO4S/c1-8(14-12(15)9(2)19)13(16)18-11-7-5-4-6-10(11)17-3/h4-9,19H,1-3H3,(H,14,15)/t8-,9?/m0/s1. The summed E-state index contributed by atoms with van der Waals surface area (Å²) in [4.78, 5) is 23.2. The van der Waals surface area contributed by atoms with E-state index in [1.807, 2.05) is 0 Å². The molecule has 0 fully saturated rings. The molecule has 1 N–H and O–H groups in total. The molecular weight excluding hydrogens is 266 g/mol. The van der Waals surface area contributed by atoms with Gasteiger partial charge < -0.3 is 14.8 Å². The van der Waals surface area contributed by atoms with Gasteiger partial charge in [0.2, 0.25) is 5.91 Å². The summed E-state index contributed by atoms with van der Waals surface area (Å²) in [6, 6.07) is 6.04. The molecule has 5 nitrogen and oxygen atoms in total. The van der Waals surface area contributed by atoms with E-state index in [4.69, 9.17) is 9.47 Å². The van der Waals surface area contributed by atoms with E-state index in [0.29, 0.717) is 11.5 Å². The quantitative estimate of drug-likeness (QED) is 0.487. The smallest absolute Gasteiger partial charge is 0.333 e. The molecule has 2 atom stereocenters. The van der Waals surface area contributed by atoms with Gasteiger partial charge in [-0.2, -0.15) is 12.6 Å². The number of para-hydroxylation sites is 2. The van der Waals surface area contributed by atoms with Crippen molar-refractivity contribution in [3.05, 3.63) is 24.3 Å². The van der Waals surface area contributed by atoms with Crippen LogP contribution in [0.25, 0.3) is 0 Å². The molecule has 0 aliphatic rings. The lowest BCUT2D eigenvalue weighted by Gasteiger charge is -2.15. The van der Waals surface area contributed by atoms with E-state index in [9.17, 15) is 9.59 Å². The Morgan fingerprint density at radius 2 is 1.79 bits per heavy atom. The number of hydrogen-bond acceptors (Lipinski definition) is 5. The average molecular weight is 283 g/mol. The molecule has 1 amide bonds. The fourth-order valence-corrected chi connectivity index (χ4v) is 1.37. The van der Waals surface area contributed by atoms with Crippen molar-refractivity contribution in [1.29, 1.82) is 0 Å². The zero-order chi connectivity index (χ0) is 14.4. The number of carbonyl (C=O) groups is 2. The maximum absolute atomic E-state index is 11.8. The molecule has 0 aliphatic heterocycles. The lowest BCUT2D eigenvalue weighted by Crippen LogP contribution is -2.43. The van der Waals surface area contributed by atoms with Crippen LogP contribution in [0, 0.1) is 0 Å². The second-order valence-electron chi connectivity index (χ2n) is 3.98. The third-order valence-corrected chi connectivity index (χ3v) is 2.61. The molecule has 1 unspecified atom stereocenters. The van der Waals surface area contributed by atoms with Gasteiger partial charge in [-0.1, -0.05) is 12.1 Å². The molecular formula is C13H17NO4S. The molecule has 0 spiro atoms. The minimum absolute atomic E-state index is 0.315. The molecule has 1 aromatic carbocycles. The van der Waals surface area contributed by atoms with Gasteiger partial charge in [0.05, 0.1) is 12.4 Å². The predicted molar refractivity (Wildman–Crippen MR) is 74.7 cm³/mol. The highest BCUT2D eigenvalue weighted by molar-refractivity contribution is 7.81. The number of methoxy groups -OCH3 is 1. The molecule has 19 heavy (non-hydrogen) atoms. The molecule has 1 aromatic rings. The van der Waals surface area contributed by atoms with E-state index in [1.54, 1.807) is 38.1 Å². The minimum atomic E-state index is -0.757. The van der Waals surface area contributed by atoms with Crippen molar-refractivity contribution in [3.63, 3.8) is 0 Å². The van der Waals surface area contributed by atoms with Crippen molar-refractivity contribution in [1.82, 2.24) is 5.32 Å². The highest BCUT2D eigenvalue weighted by Gasteiger charge is 2.20. The van der Waals surface area contributed by atoms with Crippen molar-refractivity contribution in [2.45, 2.75) is 25.1 Å². The van der Waals surface area contributed by atoms with Gasteiger partial charge in [0.15, 0.2) is 11.5 Å². The summed E-state index contributed by atoms with van der Waals surface area (Å²) in [5, 5.41) is 2.02. The van der Waals surface area contributed by atoms with Crippen LogP contribution in [0.3, 0.4) is 0 Å². The Balaban J connectivity index is 2.66. The van der Waals surface area contributed by atoms with Gasteiger partial charge in [-0.25, -0.2) is 4.79 Å². The number of thiol groups is 1. The number of carbonyl (C=O) groups excluding carboxylic acids is 2. The zero-order valence-electron chi connectivity index (χ0n) is 11.0. The van der Waals surface area contributed by atoms with Gasteiger partial charge in [0, 0.05) is 0 Å². The number of rotatable bonds is 5. The van der Waals surface area contributed by atoms with Crippen molar-refractivity contribution in [2.75, 3.05) is 7.11 Å². The third kappa shape index (κ3) is 4.48. The molecule has 104 valence electrons. The Hall–Kier alpha value is -1.69. The van der Waals surface area contributed by atoms with E-state index in [0.717, 1.165) is 0 Å². The Kier molecular flexibility index (Phi) is 5.69. The van der Waals surface area contributed by atoms with E-state index < -0.39 is 17.3 Å². The highest BCUT2D eigenvalue weighted by Crippen LogP contribution is 2.26. The largest absolute Gasteiger partial charge is 0.493 e. The fraction of sp³-hybridized carbons (Fsp3) is 0.385. The molecule has 1 rings (SSSR count). The second kappa shape index (κ2) is 7.04. The summed E-state index contributed by atoms with van der Waals surface area (Å²) in [5.74, 6) is -0.119. The van der Waals surface area contributed by atoms with Crippen LogP contribution in [0.1, 0.15) is 13.8 Å². The third-order valence-electron chi connectivity index (χ3n) is 2.37. The van der Waals surface area contributed by atoms with Crippen LogP contribution in [0.4, 0.5) is 0 Å². The number of hydrogen-bond donors (Lipinski definition) is 2. The molecule has 0 saturated carbocycles. The number of esters is 1. The number of amides is 1. The van der Waals surface area contributed by atoms with Crippen LogP contribution < -0.4 is 14.8 Å². The molecule has 0 aromatic heterocycles. The second-order valence-corrected chi connectivity index (χ2v) is 4.75. The zero-order valence-corrected chi connectivity index (χ0v) is 11.9. The molecule has 0 aliphatic carbocycles. The maximum Gasteiger partial charge on any atom is 0.333 e. The first kappa shape index (κ1) is 15.4. The normalized spacial score (nSPS) is 13.3. The Morgan fingerprint density at radius 1 is 1.21 bits per heavy atom. The molecule has 6 heteroatoms. The minimum Gasteiger partial charge on any atom is -0.493 e.